The first-order valence-corrected chi connectivity index (χ1v) is 6.64. The Morgan fingerprint density at radius 3 is 2.31 bits per heavy atom. The predicted octanol–water partition coefficient (Wildman–Crippen LogP) is 2.00. The van der Waals surface area contributed by atoms with Gasteiger partial charge in [0.05, 0.1) is 12.2 Å². The van der Waals surface area contributed by atoms with Gasteiger partial charge in [0, 0.05) is 18.6 Å². The monoisotopic (exact) mass is 228 g/mol. The molecule has 2 N–H and O–H groups in total. The summed E-state index contributed by atoms with van der Waals surface area (Å²) in [5.74, 6) is 0. The molecule has 16 heavy (non-hydrogen) atoms. The Morgan fingerprint density at radius 1 is 1.31 bits per heavy atom. The van der Waals surface area contributed by atoms with E-state index >= 15 is 0 Å². The minimum Gasteiger partial charge on any atom is -0.374 e. The van der Waals surface area contributed by atoms with Gasteiger partial charge in [0.2, 0.25) is 0 Å². The van der Waals surface area contributed by atoms with Gasteiger partial charge in [-0.3, -0.25) is 4.90 Å². The third-order valence-corrected chi connectivity index (χ3v) is 4.30. The summed E-state index contributed by atoms with van der Waals surface area (Å²) in [5.41, 5.74) is 6.11. The molecule has 3 heteroatoms. The second kappa shape index (κ2) is 5.99. The van der Waals surface area contributed by atoms with Gasteiger partial charge in [-0.1, -0.05) is 13.8 Å². The van der Waals surface area contributed by atoms with Crippen molar-refractivity contribution in [1.82, 2.24) is 4.90 Å². The van der Waals surface area contributed by atoms with E-state index in [0.717, 1.165) is 25.9 Å². The van der Waals surface area contributed by atoms with Crippen molar-refractivity contribution in [3.63, 3.8) is 0 Å². The van der Waals surface area contributed by atoms with Crippen LogP contribution in [0.2, 0.25) is 0 Å². The van der Waals surface area contributed by atoms with Crippen LogP contribution in [0.1, 0.15) is 46.5 Å². The summed E-state index contributed by atoms with van der Waals surface area (Å²) in [4.78, 5) is 2.41. The zero-order valence-corrected chi connectivity index (χ0v) is 11.3. The summed E-state index contributed by atoms with van der Waals surface area (Å²) < 4.78 is 5.88. The van der Waals surface area contributed by atoms with Crippen LogP contribution in [-0.4, -0.2) is 42.8 Å². The Hall–Kier alpha value is -0.120. The smallest absolute Gasteiger partial charge is 0.0706 e. The standard InChI is InChI=1S/C13H28N2O/c1-5-13(6-2,10-14)15(4)9-12-8-7-11(3)16-12/h11-12H,5-10,14H2,1-4H3. The number of hydrogen-bond acceptors (Lipinski definition) is 3. The molecule has 1 fully saturated rings. The fourth-order valence-corrected chi connectivity index (χ4v) is 2.75. The van der Waals surface area contributed by atoms with Crippen LogP contribution in [0.25, 0.3) is 0 Å². The molecule has 0 aromatic rings. The summed E-state index contributed by atoms with van der Waals surface area (Å²) in [6.07, 6.45) is 5.46. The van der Waals surface area contributed by atoms with Gasteiger partial charge in [-0.05, 0) is 39.7 Å². The van der Waals surface area contributed by atoms with Gasteiger partial charge in [0.15, 0.2) is 0 Å². The van der Waals surface area contributed by atoms with Crippen molar-refractivity contribution in [2.75, 3.05) is 20.1 Å². The molecule has 0 radical (unpaired) electrons. The molecule has 96 valence electrons. The molecule has 1 saturated heterocycles. The Morgan fingerprint density at radius 2 is 1.94 bits per heavy atom. The quantitative estimate of drug-likeness (QED) is 0.756. The van der Waals surface area contributed by atoms with Crippen LogP contribution in [0.4, 0.5) is 0 Å². The van der Waals surface area contributed by atoms with Crippen LogP contribution in [0, 0.1) is 0 Å². The highest BCUT2D eigenvalue weighted by Gasteiger charge is 2.32. The molecule has 0 bridgehead atoms. The number of likely N-dealkylation sites (N-methyl/N-ethyl adjacent to an activating group) is 1. The van der Waals surface area contributed by atoms with E-state index in [1.807, 2.05) is 0 Å². The summed E-state index contributed by atoms with van der Waals surface area (Å²) >= 11 is 0. The molecule has 1 aliphatic rings. The Labute approximate surface area is 100 Å². The predicted molar refractivity (Wildman–Crippen MR) is 68.6 cm³/mol. The molecule has 0 saturated carbocycles. The van der Waals surface area contributed by atoms with Gasteiger partial charge in [-0.2, -0.15) is 0 Å². The number of nitrogens with zero attached hydrogens (tertiary/aromatic N) is 1. The second-order valence-electron chi connectivity index (χ2n) is 5.16. The van der Waals surface area contributed by atoms with E-state index in [9.17, 15) is 0 Å². The van der Waals surface area contributed by atoms with E-state index in [4.69, 9.17) is 10.5 Å². The first kappa shape index (κ1) is 13.9. The molecule has 0 aliphatic carbocycles. The molecule has 3 nitrogen and oxygen atoms in total. The van der Waals surface area contributed by atoms with Crippen LogP contribution in [0.3, 0.4) is 0 Å². The fraction of sp³-hybridized carbons (Fsp3) is 1.00. The largest absolute Gasteiger partial charge is 0.374 e. The van der Waals surface area contributed by atoms with E-state index in [2.05, 4.69) is 32.7 Å². The molecule has 0 amide bonds. The zero-order valence-electron chi connectivity index (χ0n) is 11.3. The average molecular weight is 228 g/mol. The number of rotatable bonds is 6. The third kappa shape index (κ3) is 2.96. The van der Waals surface area contributed by atoms with E-state index in [1.54, 1.807) is 0 Å². The molecule has 0 aromatic heterocycles. The molecule has 0 spiro atoms. The van der Waals surface area contributed by atoms with Crippen LogP contribution in [0.5, 0.6) is 0 Å². The van der Waals surface area contributed by atoms with Crippen molar-refractivity contribution in [2.24, 2.45) is 5.73 Å². The molecule has 2 atom stereocenters. The summed E-state index contributed by atoms with van der Waals surface area (Å²) in [7, 11) is 2.19. The van der Waals surface area contributed by atoms with Crippen molar-refractivity contribution < 1.29 is 4.74 Å². The number of nitrogens with two attached hydrogens (primary N) is 1. The van der Waals surface area contributed by atoms with Gasteiger partial charge in [0.1, 0.15) is 0 Å². The van der Waals surface area contributed by atoms with Crippen molar-refractivity contribution in [3.8, 4) is 0 Å². The summed E-state index contributed by atoms with van der Waals surface area (Å²) in [5, 5.41) is 0. The van der Waals surface area contributed by atoms with Crippen LogP contribution in [0.15, 0.2) is 0 Å². The number of ether oxygens (including phenoxy) is 1. The summed E-state index contributed by atoms with van der Waals surface area (Å²) in [6.45, 7) is 8.37. The molecular formula is C13H28N2O. The SMILES string of the molecule is CCC(CC)(CN)N(C)CC1CCC(C)O1. The minimum absolute atomic E-state index is 0.162. The first-order chi connectivity index (χ1) is 7.57. The highest BCUT2D eigenvalue weighted by atomic mass is 16.5. The molecule has 1 heterocycles. The lowest BCUT2D eigenvalue weighted by atomic mass is 9.90. The van der Waals surface area contributed by atoms with Crippen molar-refractivity contribution in [2.45, 2.75) is 64.2 Å². The summed E-state index contributed by atoms with van der Waals surface area (Å²) in [6, 6.07) is 0. The Balaban J connectivity index is 2.52. The lowest BCUT2D eigenvalue weighted by Crippen LogP contribution is -2.53. The maximum absolute atomic E-state index is 5.95. The van der Waals surface area contributed by atoms with E-state index < -0.39 is 0 Å². The first-order valence-electron chi connectivity index (χ1n) is 6.64. The van der Waals surface area contributed by atoms with Crippen molar-refractivity contribution in [3.05, 3.63) is 0 Å². The molecule has 1 rings (SSSR count). The lowest BCUT2D eigenvalue weighted by Gasteiger charge is -2.41. The van der Waals surface area contributed by atoms with E-state index in [-0.39, 0.29) is 5.54 Å². The zero-order chi connectivity index (χ0) is 12.2. The normalized spacial score (nSPS) is 26.6. The molecule has 2 unspecified atom stereocenters. The van der Waals surface area contributed by atoms with Gasteiger partial charge in [-0.15, -0.1) is 0 Å². The van der Waals surface area contributed by atoms with Gasteiger partial charge in [-0.25, -0.2) is 0 Å². The van der Waals surface area contributed by atoms with Crippen LogP contribution >= 0.6 is 0 Å². The van der Waals surface area contributed by atoms with Crippen LogP contribution in [-0.2, 0) is 4.74 Å². The highest BCUT2D eigenvalue weighted by molar-refractivity contribution is 4.89. The van der Waals surface area contributed by atoms with Gasteiger partial charge in [0.25, 0.3) is 0 Å². The van der Waals surface area contributed by atoms with Gasteiger partial charge < -0.3 is 10.5 Å². The average Bonchev–Trinajstić information content (AvgIpc) is 2.67. The van der Waals surface area contributed by atoms with Crippen LogP contribution < -0.4 is 5.73 Å². The fourth-order valence-electron chi connectivity index (χ4n) is 2.75. The highest BCUT2D eigenvalue weighted by Crippen LogP contribution is 2.25. The maximum atomic E-state index is 5.95. The molecular weight excluding hydrogens is 200 g/mol. The van der Waals surface area contributed by atoms with E-state index in [0.29, 0.717) is 12.2 Å². The lowest BCUT2D eigenvalue weighted by molar-refractivity contribution is 0.00681. The van der Waals surface area contributed by atoms with Crippen molar-refractivity contribution >= 4 is 0 Å². The third-order valence-electron chi connectivity index (χ3n) is 4.30. The minimum atomic E-state index is 0.162. The Kier molecular flexibility index (Phi) is 5.22. The Bertz CT molecular complexity index is 196. The maximum Gasteiger partial charge on any atom is 0.0706 e. The number of hydrogen-bond donors (Lipinski definition) is 1. The second-order valence-corrected chi connectivity index (χ2v) is 5.16. The van der Waals surface area contributed by atoms with Crippen molar-refractivity contribution in [1.29, 1.82) is 0 Å². The molecule has 1 aliphatic heterocycles. The van der Waals surface area contributed by atoms with E-state index in [1.165, 1.54) is 12.8 Å². The molecule has 0 aromatic carbocycles. The topological polar surface area (TPSA) is 38.5 Å². The van der Waals surface area contributed by atoms with Gasteiger partial charge >= 0.3 is 0 Å².